The average Bonchev–Trinajstić information content (AvgIpc) is 2.49. The van der Waals surface area contributed by atoms with Gasteiger partial charge in [0.25, 0.3) is 0 Å². The molecule has 0 unspecified atom stereocenters. The molecule has 0 spiro atoms. The Balaban J connectivity index is 2.77. The van der Waals surface area contributed by atoms with E-state index >= 15 is 0 Å². The van der Waals surface area contributed by atoms with Gasteiger partial charge in [0, 0.05) is 0 Å². The zero-order valence-corrected chi connectivity index (χ0v) is 12.3. The van der Waals surface area contributed by atoms with E-state index in [0.717, 1.165) is 28.8 Å². The Labute approximate surface area is 120 Å². The van der Waals surface area contributed by atoms with E-state index in [1.54, 1.807) is 19.0 Å². The molecule has 0 fully saturated rings. The summed E-state index contributed by atoms with van der Waals surface area (Å²) in [6.45, 7) is 3.92. The van der Waals surface area contributed by atoms with Crippen LogP contribution in [0.2, 0.25) is 0 Å². The van der Waals surface area contributed by atoms with Crippen LogP contribution < -0.4 is 5.32 Å². The molecule has 0 radical (unpaired) electrons. The molecule has 1 nitrogen and oxygen atoms in total. The molecule has 0 aliphatic rings. The van der Waals surface area contributed by atoms with Crippen molar-refractivity contribution in [2.75, 3.05) is 12.4 Å². The molecular weight excluding hydrogens is 248 g/mol. The molecule has 20 heavy (non-hydrogen) atoms. The van der Waals surface area contributed by atoms with Gasteiger partial charge in [-0.05, 0) is 0 Å². The fourth-order valence-electron chi connectivity index (χ4n) is 2.48. The number of rotatable bonds is 4. The zero-order chi connectivity index (χ0) is 14.7. The number of benzene rings is 2. The standard InChI is InChI=1S/C17H19BFN/c1-4-12-6-5-7-13(8-12)17-14(10-18)11(2)15(19)9-16(17)20-3/h5-10,18,20H,4H2,1-3H3. The summed E-state index contributed by atoms with van der Waals surface area (Å²) in [6, 6.07) is 9.90. The number of hydrogen-bond donors (Lipinski definition) is 1. The fraction of sp³-hybridized carbons (Fsp3) is 0.235. The van der Waals surface area contributed by atoms with E-state index in [1.165, 1.54) is 5.56 Å². The summed E-state index contributed by atoms with van der Waals surface area (Å²) in [7, 11) is 5.65. The molecule has 1 N–H and O–H groups in total. The predicted molar refractivity (Wildman–Crippen MR) is 87.8 cm³/mol. The summed E-state index contributed by atoms with van der Waals surface area (Å²) in [5, 5.41) is 3.09. The number of nitrogens with one attached hydrogen (secondary N) is 1. The maximum atomic E-state index is 14.0. The van der Waals surface area contributed by atoms with Crippen LogP contribution in [0, 0.1) is 12.7 Å². The van der Waals surface area contributed by atoms with Gasteiger partial charge >= 0.3 is 120 Å². The first kappa shape index (κ1) is 14.5. The van der Waals surface area contributed by atoms with Gasteiger partial charge in [-0.3, -0.25) is 0 Å². The fourth-order valence-corrected chi connectivity index (χ4v) is 2.48. The monoisotopic (exact) mass is 267 g/mol. The molecule has 0 saturated heterocycles. The molecule has 0 atom stereocenters. The number of anilines is 1. The number of halogens is 1. The van der Waals surface area contributed by atoms with Gasteiger partial charge in [-0.1, -0.05) is 0 Å². The molecule has 2 aromatic carbocycles. The molecule has 0 bridgehead atoms. The topological polar surface area (TPSA) is 12.0 Å². The van der Waals surface area contributed by atoms with Crippen molar-refractivity contribution in [1.82, 2.24) is 0 Å². The summed E-state index contributed by atoms with van der Waals surface area (Å²) in [5.41, 5.74) is 5.64. The summed E-state index contributed by atoms with van der Waals surface area (Å²) in [5.74, 6) is 1.52. The normalized spacial score (nSPS) is 10.3. The van der Waals surface area contributed by atoms with E-state index in [-0.39, 0.29) is 5.82 Å². The van der Waals surface area contributed by atoms with Gasteiger partial charge in [-0.25, -0.2) is 0 Å². The van der Waals surface area contributed by atoms with Crippen LogP contribution in [-0.4, -0.2) is 20.5 Å². The van der Waals surface area contributed by atoms with Crippen molar-refractivity contribution in [3.63, 3.8) is 0 Å². The molecule has 0 saturated carbocycles. The van der Waals surface area contributed by atoms with Crippen molar-refractivity contribution >= 4 is 19.1 Å². The first-order valence-corrected chi connectivity index (χ1v) is 6.85. The Bertz CT molecular complexity index is 650. The Morgan fingerprint density at radius 2 is 2.05 bits per heavy atom. The Kier molecular flexibility index (Phi) is 4.38. The van der Waals surface area contributed by atoms with Crippen LogP contribution >= 0.6 is 0 Å². The summed E-state index contributed by atoms with van der Waals surface area (Å²) in [6.07, 6.45) is 0.978. The quantitative estimate of drug-likeness (QED) is 0.836. The third-order valence-electron chi connectivity index (χ3n) is 3.67. The van der Waals surface area contributed by atoms with Crippen LogP contribution in [0.25, 0.3) is 11.1 Å². The van der Waals surface area contributed by atoms with Crippen LogP contribution in [-0.2, 0) is 6.42 Å². The molecule has 2 aromatic rings. The van der Waals surface area contributed by atoms with Crippen LogP contribution in [0.3, 0.4) is 0 Å². The van der Waals surface area contributed by atoms with Crippen molar-refractivity contribution in [2.45, 2.75) is 20.3 Å². The third-order valence-corrected chi connectivity index (χ3v) is 3.67. The SMILES string of the molecule is B=Cc1c(C)c(F)cc(NC)c1-c1cccc(CC)c1. The van der Waals surface area contributed by atoms with Crippen molar-refractivity contribution in [3.05, 3.63) is 52.8 Å². The van der Waals surface area contributed by atoms with Crippen molar-refractivity contribution in [3.8, 4) is 11.1 Å². The van der Waals surface area contributed by atoms with Crippen molar-refractivity contribution < 1.29 is 4.39 Å². The maximum absolute atomic E-state index is 14.0. The molecule has 0 aromatic heterocycles. The Morgan fingerprint density at radius 3 is 2.65 bits per heavy atom. The number of hydrogen-bond acceptors (Lipinski definition) is 1. The van der Waals surface area contributed by atoms with Gasteiger partial charge < -0.3 is 0 Å². The first-order chi connectivity index (χ1) is 9.62. The summed E-state index contributed by atoms with van der Waals surface area (Å²) >= 11 is 0. The van der Waals surface area contributed by atoms with Crippen LogP contribution in [0.4, 0.5) is 10.1 Å². The first-order valence-electron chi connectivity index (χ1n) is 6.85. The van der Waals surface area contributed by atoms with Crippen molar-refractivity contribution in [1.29, 1.82) is 0 Å². The summed E-state index contributed by atoms with van der Waals surface area (Å²) in [4.78, 5) is 0. The van der Waals surface area contributed by atoms with Gasteiger partial charge in [-0.15, -0.1) is 0 Å². The molecule has 102 valence electrons. The second-order valence-corrected chi connectivity index (χ2v) is 4.83. The molecule has 0 aliphatic heterocycles. The average molecular weight is 267 g/mol. The van der Waals surface area contributed by atoms with E-state index in [4.69, 9.17) is 0 Å². The molecular formula is C17H19BFN. The van der Waals surface area contributed by atoms with Gasteiger partial charge in [-0.2, -0.15) is 0 Å². The summed E-state index contributed by atoms with van der Waals surface area (Å²) < 4.78 is 14.0. The molecule has 0 amide bonds. The molecule has 0 heterocycles. The Hall–Kier alpha value is -1.90. The van der Waals surface area contributed by atoms with Crippen LogP contribution in [0.15, 0.2) is 30.3 Å². The minimum absolute atomic E-state index is 0.209. The van der Waals surface area contributed by atoms with E-state index in [2.05, 4.69) is 37.9 Å². The van der Waals surface area contributed by atoms with Gasteiger partial charge in [0.15, 0.2) is 0 Å². The predicted octanol–water partition coefficient (Wildman–Crippen LogP) is 3.46. The van der Waals surface area contributed by atoms with Gasteiger partial charge in [0.2, 0.25) is 0 Å². The van der Waals surface area contributed by atoms with Crippen molar-refractivity contribution in [2.24, 2.45) is 0 Å². The van der Waals surface area contributed by atoms with E-state index in [1.807, 2.05) is 13.1 Å². The van der Waals surface area contributed by atoms with Crippen LogP contribution in [0.1, 0.15) is 23.6 Å². The molecule has 2 rings (SSSR count). The Morgan fingerprint density at radius 1 is 1.30 bits per heavy atom. The number of aryl methyl sites for hydroxylation is 1. The second kappa shape index (κ2) is 6.04. The third kappa shape index (κ3) is 2.53. The van der Waals surface area contributed by atoms with Crippen LogP contribution in [0.5, 0.6) is 0 Å². The minimum atomic E-state index is -0.209. The zero-order valence-electron chi connectivity index (χ0n) is 12.3. The van der Waals surface area contributed by atoms with Gasteiger partial charge in [0.1, 0.15) is 0 Å². The van der Waals surface area contributed by atoms with E-state index < -0.39 is 0 Å². The molecule has 3 heteroatoms. The van der Waals surface area contributed by atoms with E-state index in [0.29, 0.717) is 5.56 Å². The van der Waals surface area contributed by atoms with E-state index in [9.17, 15) is 4.39 Å². The molecule has 0 aliphatic carbocycles. The van der Waals surface area contributed by atoms with Gasteiger partial charge in [0.05, 0.1) is 0 Å². The second-order valence-electron chi connectivity index (χ2n) is 4.83.